The van der Waals surface area contributed by atoms with E-state index in [9.17, 15) is 0 Å². The Morgan fingerprint density at radius 3 is 2.23 bits per heavy atom. The molecule has 13 heavy (non-hydrogen) atoms. The maximum Gasteiger partial charge on any atom is 0.221 e. The van der Waals surface area contributed by atoms with E-state index in [2.05, 4.69) is 47.9 Å². The molecule has 64 valence electrons. The molecule has 0 aliphatic carbocycles. The maximum absolute atomic E-state index is 2.20. The molecular formula is C11H12BN. The van der Waals surface area contributed by atoms with Crippen molar-refractivity contribution in [3.05, 3.63) is 60.2 Å². The Labute approximate surface area is 78.7 Å². The number of nitrogens with zero attached hydrogens (tertiary/aromatic N) is 1. The summed E-state index contributed by atoms with van der Waals surface area (Å²) in [4.78, 5) is 0. The Morgan fingerprint density at radius 2 is 1.62 bits per heavy atom. The fourth-order valence-electron chi connectivity index (χ4n) is 1.43. The van der Waals surface area contributed by atoms with E-state index >= 15 is 0 Å². The first kappa shape index (κ1) is 8.18. The van der Waals surface area contributed by atoms with E-state index in [1.54, 1.807) is 0 Å². The smallest absolute Gasteiger partial charge is 0.221 e. The molecule has 0 atom stereocenters. The summed E-state index contributed by atoms with van der Waals surface area (Å²) in [5.74, 6) is 4.41. The van der Waals surface area contributed by atoms with E-state index in [1.807, 2.05) is 18.2 Å². The van der Waals surface area contributed by atoms with Crippen molar-refractivity contribution >= 4 is 6.48 Å². The molecule has 0 N–H and O–H groups in total. The molecule has 0 spiro atoms. The molecule has 0 unspecified atom stereocenters. The van der Waals surface area contributed by atoms with Crippen LogP contribution >= 0.6 is 0 Å². The van der Waals surface area contributed by atoms with Gasteiger partial charge in [0.1, 0.15) is 12.4 Å². The molecule has 1 nitrogen and oxygen atoms in total. The van der Waals surface area contributed by atoms with Gasteiger partial charge in [0.25, 0.3) is 0 Å². The lowest BCUT2D eigenvalue weighted by Crippen LogP contribution is -2.41. The number of aryl methyl sites for hydroxylation is 1. The zero-order chi connectivity index (χ0) is 9.10. The van der Waals surface area contributed by atoms with Gasteiger partial charge < -0.3 is 4.48 Å². The highest BCUT2D eigenvalue weighted by Crippen LogP contribution is 1.92. The van der Waals surface area contributed by atoms with Crippen molar-refractivity contribution in [2.24, 2.45) is 0 Å². The van der Waals surface area contributed by atoms with Gasteiger partial charge in [-0.25, -0.2) is 0 Å². The van der Waals surface area contributed by atoms with Gasteiger partial charge in [-0.3, -0.25) is 0 Å². The fourth-order valence-corrected chi connectivity index (χ4v) is 1.43. The lowest BCUT2D eigenvalue weighted by molar-refractivity contribution is -0.530. The van der Waals surface area contributed by atoms with Crippen LogP contribution in [0.25, 0.3) is 0 Å². The summed E-state index contributed by atoms with van der Waals surface area (Å²) in [6.07, 6.45) is 4.17. The van der Waals surface area contributed by atoms with E-state index in [-0.39, 0.29) is 0 Å². The van der Waals surface area contributed by atoms with Crippen LogP contribution in [0.2, 0.25) is 0 Å². The van der Waals surface area contributed by atoms with Gasteiger partial charge in [-0.2, -0.15) is 11.9 Å². The van der Waals surface area contributed by atoms with Crippen LogP contribution in [0.4, 0.5) is 0 Å². The molecule has 0 saturated heterocycles. The number of hydrogen-bond donors (Lipinski definition) is 0. The standard InChI is InChI=1S/C11H12BN/c1-11-5-7-12(8-6-11)13-9-3-2-4-10-13/h2-10H,1H3. The highest BCUT2D eigenvalue weighted by Gasteiger charge is 1.92. The van der Waals surface area contributed by atoms with Gasteiger partial charge >= 0.3 is 0 Å². The number of pyridine rings is 1. The van der Waals surface area contributed by atoms with Crippen molar-refractivity contribution in [3.63, 3.8) is 0 Å². The predicted molar refractivity (Wildman–Crippen MR) is 54.6 cm³/mol. The largest absolute Gasteiger partial charge is 0.432 e. The first-order chi connectivity index (χ1) is 6.36. The van der Waals surface area contributed by atoms with Crippen LogP contribution in [-0.2, 0) is 0 Å². The molecule has 0 radical (unpaired) electrons. The van der Waals surface area contributed by atoms with E-state index < -0.39 is 0 Å². The van der Waals surface area contributed by atoms with Gasteiger partial charge in [0.2, 0.25) is 6.48 Å². The normalized spacial score (nSPS) is 9.92. The van der Waals surface area contributed by atoms with Crippen LogP contribution in [0.15, 0.2) is 54.6 Å². The SMILES string of the molecule is Cc1cc[b-](-[n+]2ccccc2)cc1. The molecule has 2 aromatic rings. The molecule has 0 aliphatic rings. The van der Waals surface area contributed by atoms with Crippen LogP contribution in [0, 0.1) is 6.92 Å². The first-order valence-corrected chi connectivity index (χ1v) is 4.52. The lowest BCUT2D eigenvalue weighted by atomic mass is 9.78. The van der Waals surface area contributed by atoms with Gasteiger partial charge in [0, 0.05) is 0 Å². The van der Waals surface area contributed by atoms with Crippen LogP contribution in [0.1, 0.15) is 5.56 Å². The molecule has 2 rings (SSSR count). The summed E-state index contributed by atoms with van der Waals surface area (Å²) < 4.78 is 2.18. The second-order valence-electron chi connectivity index (χ2n) is 3.28. The third kappa shape index (κ3) is 1.83. The summed E-state index contributed by atoms with van der Waals surface area (Å²) in [6, 6.07) is 10.4. The monoisotopic (exact) mass is 169 g/mol. The molecule has 2 heterocycles. The van der Waals surface area contributed by atoms with Crippen molar-refractivity contribution in [1.29, 1.82) is 0 Å². The number of hydrogen-bond acceptors (Lipinski definition) is 0. The molecule has 2 heteroatoms. The maximum atomic E-state index is 2.20. The van der Waals surface area contributed by atoms with Crippen molar-refractivity contribution in [2.75, 3.05) is 0 Å². The summed E-state index contributed by atoms with van der Waals surface area (Å²) in [5, 5.41) is 0. The van der Waals surface area contributed by atoms with E-state index in [4.69, 9.17) is 0 Å². The van der Waals surface area contributed by atoms with Gasteiger partial charge in [-0.1, -0.05) is 23.8 Å². The minimum absolute atomic E-state index is 0.380. The van der Waals surface area contributed by atoms with Crippen molar-refractivity contribution in [1.82, 2.24) is 0 Å². The molecule has 0 saturated carbocycles. The molecular weight excluding hydrogens is 157 g/mol. The summed E-state index contributed by atoms with van der Waals surface area (Å²) in [5.41, 5.74) is 1.31. The zero-order valence-corrected chi connectivity index (χ0v) is 7.72. The third-order valence-electron chi connectivity index (χ3n) is 2.20. The Kier molecular flexibility index (Phi) is 2.22. The minimum Gasteiger partial charge on any atom is -0.432 e. The van der Waals surface area contributed by atoms with E-state index in [0.717, 1.165) is 0 Å². The molecule has 0 aromatic carbocycles. The minimum atomic E-state index is 0.380. The Hall–Kier alpha value is -1.44. The highest BCUT2D eigenvalue weighted by atomic mass is 14.8. The molecule has 2 aromatic heterocycles. The summed E-state index contributed by atoms with van der Waals surface area (Å²) in [7, 11) is 0. The van der Waals surface area contributed by atoms with Gasteiger partial charge in [-0.15, -0.1) is 0 Å². The van der Waals surface area contributed by atoms with Gasteiger partial charge in [0.15, 0.2) is 0 Å². The fraction of sp³-hybridized carbons (Fsp3) is 0.0909. The van der Waals surface area contributed by atoms with Gasteiger partial charge in [-0.05, 0) is 19.1 Å². The van der Waals surface area contributed by atoms with Crippen LogP contribution < -0.4 is 4.48 Å². The van der Waals surface area contributed by atoms with Crippen LogP contribution in [0.3, 0.4) is 0 Å². The predicted octanol–water partition coefficient (Wildman–Crippen LogP) is 1.62. The molecule has 0 aliphatic heterocycles. The van der Waals surface area contributed by atoms with Crippen molar-refractivity contribution in [2.45, 2.75) is 6.92 Å². The average Bonchev–Trinajstić information content (AvgIpc) is 2.20. The highest BCUT2D eigenvalue weighted by molar-refractivity contribution is 6.40. The molecule has 0 bridgehead atoms. The molecule has 0 amide bonds. The Bertz CT molecular complexity index is 381. The van der Waals surface area contributed by atoms with E-state index in [0.29, 0.717) is 6.48 Å². The second-order valence-corrected chi connectivity index (χ2v) is 3.28. The quantitative estimate of drug-likeness (QED) is 0.610. The Morgan fingerprint density at radius 1 is 1.00 bits per heavy atom. The second kappa shape index (κ2) is 3.52. The zero-order valence-electron chi connectivity index (χ0n) is 7.72. The number of aromatic nitrogens is 1. The van der Waals surface area contributed by atoms with Gasteiger partial charge in [0.05, 0.1) is 0 Å². The lowest BCUT2D eigenvalue weighted by Gasteiger charge is -2.05. The average molecular weight is 169 g/mol. The summed E-state index contributed by atoms with van der Waals surface area (Å²) >= 11 is 0. The topological polar surface area (TPSA) is 3.88 Å². The third-order valence-corrected chi connectivity index (χ3v) is 2.20. The summed E-state index contributed by atoms with van der Waals surface area (Å²) in [6.45, 7) is 2.49. The van der Waals surface area contributed by atoms with Crippen LogP contribution in [0.5, 0.6) is 0 Å². The first-order valence-electron chi connectivity index (χ1n) is 4.52. The molecule has 0 fully saturated rings. The van der Waals surface area contributed by atoms with E-state index in [1.165, 1.54) is 5.56 Å². The van der Waals surface area contributed by atoms with Crippen LogP contribution in [-0.4, -0.2) is 6.48 Å². The Balaban J connectivity index is 2.42. The van der Waals surface area contributed by atoms with Crippen molar-refractivity contribution < 1.29 is 4.48 Å². The number of rotatable bonds is 1. The van der Waals surface area contributed by atoms with Crippen molar-refractivity contribution in [3.8, 4) is 0 Å².